The minimum absolute atomic E-state index is 0.0278. The van der Waals surface area contributed by atoms with Gasteiger partial charge in [-0.3, -0.25) is 0 Å². The van der Waals surface area contributed by atoms with Gasteiger partial charge in [-0.05, 0) is 12.3 Å². The van der Waals surface area contributed by atoms with Crippen LogP contribution in [-0.4, -0.2) is 5.97 Å². The molecule has 0 saturated carbocycles. The number of hydrogen-bond donors (Lipinski definition) is 0. The molecule has 0 bridgehead atoms. The first kappa shape index (κ1) is 7.21. The first-order chi connectivity index (χ1) is 3.66. The normalized spacial score (nSPS) is 12.6. The van der Waals surface area contributed by atoms with E-state index in [4.69, 9.17) is 0 Å². The third-order valence-electron chi connectivity index (χ3n) is 0.891. The van der Waals surface area contributed by atoms with Gasteiger partial charge >= 0.3 is 0 Å². The molecule has 0 saturated heterocycles. The lowest BCUT2D eigenvalue weighted by atomic mass is 10.1. The highest BCUT2D eigenvalue weighted by atomic mass is 16.4. The second kappa shape index (κ2) is 3.24. The Bertz CT molecular complexity index is 96.7. The molecule has 0 aliphatic rings. The molecule has 2 nitrogen and oxygen atoms in total. The Morgan fingerprint density at radius 1 is 2.00 bits per heavy atom. The zero-order valence-corrected chi connectivity index (χ0v) is 4.89. The summed E-state index contributed by atoms with van der Waals surface area (Å²) in [5.41, 5.74) is 0. The summed E-state index contributed by atoms with van der Waals surface area (Å²) in [7, 11) is 0. The van der Waals surface area contributed by atoms with Gasteiger partial charge in [-0.2, -0.15) is 0 Å². The number of aliphatic carboxylic acids is 1. The molecule has 0 aromatic carbocycles. The molecule has 1 atom stereocenters. The van der Waals surface area contributed by atoms with Gasteiger partial charge in [0.05, 0.1) is 0 Å². The molecule has 0 aliphatic heterocycles. The van der Waals surface area contributed by atoms with Crippen molar-refractivity contribution >= 4 is 5.97 Å². The first-order valence-corrected chi connectivity index (χ1v) is 2.49. The fraction of sp³-hybridized carbons (Fsp3) is 0.500. The Morgan fingerprint density at radius 3 is 2.62 bits per heavy atom. The third kappa shape index (κ3) is 3.40. The number of hydrogen-bond acceptors (Lipinski definition) is 2. The van der Waals surface area contributed by atoms with Crippen LogP contribution in [0.25, 0.3) is 0 Å². The highest BCUT2D eigenvalue weighted by Gasteiger charge is 1.93. The van der Waals surface area contributed by atoms with Gasteiger partial charge < -0.3 is 9.90 Å². The predicted octanol–water partition coefficient (Wildman–Crippen LogP) is -0.0515. The topological polar surface area (TPSA) is 40.1 Å². The van der Waals surface area contributed by atoms with E-state index in [1.54, 1.807) is 13.0 Å². The molecule has 1 unspecified atom stereocenters. The van der Waals surface area contributed by atoms with Crippen LogP contribution in [0.15, 0.2) is 12.7 Å². The maximum Gasteiger partial charge on any atom is 0.0420 e. The van der Waals surface area contributed by atoms with Crippen molar-refractivity contribution in [3.8, 4) is 0 Å². The van der Waals surface area contributed by atoms with Gasteiger partial charge in [-0.1, -0.05) is 13.0 Å². The number of carbonyl (C=O) groups is 1. The lowest BCUT2D eigenvalue weighted by Crippen LogP contribution is -2.23. The zero-order valence-electron chi connectivity index (χ0n) is 4.89. The summed E-state index contributed by atoms with van der Waals surface area (Å²) in [5, 5.41) is 9.81. The monoisotopic (exact) mass is 113 g/mol. The van der Waals surface area contributed by atoms with E-state index in [0.717, 1.165) is 0 Å². The van der Waals surface area contributed by atoms with Gasteiger partial charge in [0.25, 0.3) is 0 Å². The van der Waals surface area contributed by atoms with Crippen molar-refractivity contribution in [2.45, 2.75) is 13.3 Å². The van der Waals surface area contributed by atoms with Crippen LogP contribution in [0.1, 0.15) is 13.3 Å². The van der Waals surface area contributed by atoms with E-state index in [1.165, 1.54) is 0 Å². The molecule has 0 aliphatic carbocycles. The van der Waals surface area contributed by atoms with E-state index < -0.39 is 5.97 Å². The highest BCUT2D eigenvalue weighted by molar-refractivity contribution is 5.64. The largest absolute Gasteiger partial charge is 0.550 e. The molecule has 0 aromatic rings. The van der Waals surface area contributed by atoms with E-state index in [2.05, 4.69) is 6.58 Å². The fourth-order valence-electron chi connectivity index (χ4n) is 0.346. The molecular formula is C6H9O2-. The van der Waals surface area contributed by atoms with E-state index >= 15 is 0 Å². The third-order valence-corrected chi connectivity index (χ3v) is 0.891. The quantitative estimate of drug-likeness (QED) is 0.481. The van der Waals surface area contributed by atoms with Crippen LogP contribution in [0.5, 0.6) is 0 Å². The maximum absolute atomic E-state index is 9.81. The minimum Gasteiger partial charge on any atom is -0.550 e. The smallest absolute Gasteiger partial charge is 0.0420 e. The first-order valence-electron chi connectivity index (χ1n) is 2.49. The molecular weight excluding hydrogens is 104 g/mol. The average Bonchev–Trinajstić information content (AvgIpc) is 1.65. The summed E-state index contributed by atoms with van der Waals surface area (Å²) >= 11 is 0. The average molecular weight is 113 g/mol. The van der Waals surface area contributed by atoms with Gasteiger partial charge in [0.1, 0.15) is 0 Å². The molecule has 0 fully saturated rings. The predicted molar refractivity (Wildman–Crippen MR) is 29.0 cm³/mol. The van der Waals surface area contributed by atoms with E-state index in [-0.39, 0.29) is 12.3 Å². The van der Waals surface area contributed by atoms with Gasteiger partial charge in [0, 0.05) is 5.97 Å². The minimum atomic E-state index is -1.02. The molecule has 0 heterocycles. The summed E-state index contributed by atoms with van der Waals surface area (Å²) < 4.78 is 0. The van der Waals surface area contributed by atoms with Crippen molar-refractivity contribution in [3.63, 3.8) is 0 Å². The van der Waals surface area contributed by atoms with Crippen LogP contribution >= 0.6 is 0 Å². The van der Waals surface area contributed by atoms with Crippen LogP contribution in [-0.2, 0) is 4.79 Å². The number of carboxylic acids is 1. The Balaban J connectivity index is 3.38. The lowest BCUT2D eigenvalue weighted by Gasteiger charge is -2.03. The molecule has 0 N–H and O–H groups in total. The molecule has 0 radical (unpaired) electrons. The van der Waals surface area contributed by atoms with Crippen LogP contribution in [0.2, 0.25) is 0 Å². The molecule has 0 rings (SSSR count). The van der Waals surface area contributed by atoms with Crippen molar-refractivity contribution in [3.05, 3.63) is 12.7 Å². The van der Waals surface area contributed by atoms with Crippen molar-refractivity contribution < 1.29 is 9.90 Å². The van der Waals surface area contributed by atoms with E-state index in [0.29, 0.717) is 0 Å². The SMILES string of the molecule is C=CC(C)CC(=O)[O-]. The van der Waals surface area contributed by atoms with Gasteiger partial charge in [0.15, 0.2) is 0 Å². The van der Waals surface area contributed by atoms with Crippen LogP contribution < -0.4 is 5.11 Å². The van der Waals surface area contributed by atoms with E-state index in [1.807, 2.05) is 0 Å². The van der Waals surface area contributed by atoms with Gasteiger partial charge in [-0.15, -0.1) is 6.58 Å². The summed E-state index contributed by atoms with van der Waals surface area (Å²) in [6, 6.07) is 0. The Hall–Kier alpha value is -0.790. The van der Waals surface area contributed by atoms with E-state index in [9.17, 15) is 9.90 Å². The van der Waals surface area contributed by atoms with Crippen molar-refractivity contribution in [2.75, 3.05) is 0 Å². The Morgan fingerprint density at radius 2 is 2.50 bits per heavy atom. The van der Waals surface area contributed by atoms with Crippen LogP contribution in [0.3, 0.4) is 0 Å². The Kier molecular flexibility index (Phi) is 2.92. The molecule has 8 heavy (non-hydrogen) atoms. The number of allylic oxidation sites excluding steroid dienone is 1. The van der Waals surface area contributed by atoms with Gasteiger partial charge in [-0.25, -0.2) is 0 Å². The summed E-state index contributed by atoms with van der Waals surface area (Å²) in [5.74, 6) is -0.989. The summed E-state index contributed by atoms with van der Waals surface area (Å²) in [6.45, 7) is 5.20. The van der Waals surface area contributed by atoms with Crippen LogP contribution in [0, 0.1) is 5.92 Å². The highest BCUT2D eigenvalue weighted by Crippen LogP contribution is 1.99. The zero-order chi connectivity index (χ0) is 6.57. The van der Waals surface area contributed by atoms with Crippen molar-refractivity contribution in [1.29, 1.82) is 0 Å². The molecule has 0 spiro atoms. The van der Waals surface area contributed by atoms with Crippen molar-refractivity contribution in [2.24, 2.45) is 5.92 Å². The van der Waals surface area contributed by atoms with Crippen molar-refractivity contribution in [1.82, 2.24) is 0 Å². The molecule has 46 valence electrons. The number of carboxylic acid groups (broad SMARTS) is 1. The summed E-state index contributed by atoms with van der Waals surface area (Å²) in [6.07, 6.45) is 1.67. The Labute approximate surface area is 48.8 Å². The molecule has 2 heteroatoms. The number of rotatable bonds is 3. The van der Waals surface area contributed by atoms with Crippen LogP contribution in [0.4, 0.5) is 0 Å². The second-order valence-electron chi connectivity index (χ2n) is 1.79. The maximum atomic E-state index is 9.81. The molecule has 0 amide bonds. The van der Waals surface area contributed by atoms with Gasteiger partial charge in [0.2, 0.25) is 0 Å². The summed E-state index contributed by atoms with van der Waals surface area (Å²) in [4.78, 5) is 9.81. The lowest BCUT2D eigenvalue weighted by molar-refractivity contribution is -0.306. The standard InChI is InChI=1S/C6H10O2/c1-3-5(2)4-6(7)8/h3,5H,1,4H2,2H3,(H,7,8)/p-1. The molecule has 0 aromatic heterocycles. The second-order valence-corrected chi connectivity index (χ2v) is 1.79. The number of carbonyl (C=O) groups excluding carboxylic acids is 1. The fourth-order valence-corrected chi connectivity index (χ4v) is 0.346.